The number of piperidine rings is 1. The maximum Gasteiger partial charge on any atom is 0.416 e. The number of alkyl halides is 3. The van der Waals surface area contributed by atoms with Crippen LogP contribution in [0.1, 0.15) is 38.2 Å². The van der Waals surface area contributed by atoms with Crippen molar-refractivity contribution in [2.75, 3.05) is 31.1 Å². The number of nitrogens with zero attached hydrogens (tertiary/aromatic N) is 3. The van der Waals surface area contributed by atoms with Crippen LogP contribution < -0.4 is 10.2 Å². The lowest BCUT2D eigenvalue weighted by atomic mass is 9.94. The van der Waals surface area contributed by atoms with Crippen LogP contribution in [0.3, 0.4) is 0 Å². The molecule has 2 aliphatic heterocycles. The third kappa shape index (κ3) is 4.78. The number of anilines is 1. The third-order valence-corrected chi connectivity index (χ3v) is 6.74. The zero-order valence-electron chi connectivity index (χ0n) is 17.4. The molecule has 31 heavy (non-hydrogen) atoms. The Morgan fingerprint density at radius 2 is 1.84 bits per heavy atom. The van der Waals surface area contributed by atoms with Crippen LogP contribution in [0.4, 0.5) is 24.5 Å². The Bertz CT molecular complexity index is 851. The van der Waals surface area contributed by atoms with E-state index in [1.807, 2.05) is 0 Å². The first-order valence-electron chi connectivity index (χ1n) is 10.8. The zero-order chi connectivity index (χ0) is 22.3. The Labute approximate surface area is 178 Å². The molecule has 1 amide bonds. The van der Waals surface area contributed by atoms with Crippen molar-refractivity contribution in [1.29, 1.82) is 0 Å². The van der Waals surface area contributed by atoms with E-state index in [2.05, 4.69) is 17.1 Å². The summed E-state index contributed by atoms with van der Waals surface area (Å²) in [4.78, 5) is 27.5. The number of hydrogen-bond acceptors (Lipinski definition) is 5. The number of rotatable bonds is 5. The Morgan fingerprint density at radius 3 is 2.42 bits per heavy atom. The molecule has 0 unspecified atom stereocenters. The number of nitro groups is 1. The summed E-state index contributed by atoms with van der Waals surface area (Å²) in [7, 11) is 0. The lowest BCUT2D eigenvalue weighted by Crippen LogP contribution is -2.46. The molecule has 7 nitrogen and oxygen atoms in total. The predicted molar refractivity (Wildman–Crippen MR) is 109 cm³/mol. The van der Waals surface area contributed by atoms with Gasteiger partial charge >= 0.3 is 6.18 Å². The molecule has 0 aromatic heterocycles. The largest absolute Gasteiger partial charge is 0.416 e. The lowest BCUT2D eigenvalue weighted by molar-refractivity contribution is -0.384. The first-order chi connectivity index (χ1) is 14.6. The highest BCUT2D eigenvalue weighted by Gasteiger charge is 2.40. The number of likely N-dealkylation sites (tertiary alicyclic amines) is 1. The molecule has 0 radical (unpaired) electrons. The molecule has 1 aromatic carbocycles. The first-order valence-corrected chi connectivity index (χ1v) is 10.8. The Hall–Kier alpha value is -2.36. The van der Waals surface area contributed by atoms with Gasteiger partial charge in [-0.1, -0.05) is 6.92 Å². The van der Waals surface area contributed by atoms with Gasteiger partial charge in [0.15, 0.2) is 0 Å². The molecule has 0 bridgehead atoms. The Kier molecular flexibility index (Phi) is 5.85. The van der Waals surface area contributed by atoms with E-state index in [0.29, 0.717) is 44.0 Å². The molecule has 3 fully saturated rings. The average molecular weight is 440 g/mol. The second kappa shape index (κ2) is 8.29. The number of halogens is 3. The van der Waals surface area contributed by atoms with E-state index < -0.39 is 22.4 Å². The van der Waals surface area contributed by atoms with Gasteiger partial charge in [-0.15, -0.1) is 0 Å². The smallest absolute Gasteiger partial charge is 0.366 e. The van der Waals surface area contributed by atoms with E-state index in [9.17, 15) is 28.1 Å². The quantitative estimate of drug-likeness (QED) is 0.561. The lowest BCUT2D eigenvalue weighted by Gasteiger charge is -2.33. The highest BCUT2D eigenvalue weighted by molar-refractivity contribution is 5.79. The van der Waals surface area contributed by atoms with Gasteiger partial charge in [-0.2, -0.15) is 13.2 Å². The van der Waals surface area contributed by atoms with Crippen LogP contribution in [0.25, 0.3) is 0 Å². The van der Waals surface area contributed by atoms with Crippen molar-refractivity contribution in [3.63, 3.8) is 0 Å². The molecule has 4 rings (SSSR count). The maximum absolute atomic E-state index is 12.9. The summed E-state index contributed by atoms with van der Waals surface area (Å²) < 4.78 is 38.8. The van der Waals surface area contributed by atoms with Crippen molar-refractivity contribution in [1.82, 2.24) is 10.2 Å². The van der Waals surface area contributed by atoms with Crippen molar-refractivity contribution in [2.45, 2.75) is 50.9 Å². The fourth-order valence-corrected chi connectivity index (χ4v) is 4.73. The van der Waals surface area contributed by atoms with Crippen LogP contribution in [0.5, 0.6) is 0 Å². The van der Waals surface area contributed by atoms with Crippen molar-refractivity contribution >= 4 is 17.3 Å². The fraction of sp³-hybridized carbons (Fsp3) is 0.667. The van der Waals surface area contributed by atoms with E-state index in [0.717, 1.165) is 25.2 Å². The van der Waals surface area contributed by atoms with Gasteiger partial charge in [0.05, 0.1) is 10.5 Å². The summed E-state index contributed by atoms with van der Waals surface area (Å²) in [5.74, 6) is 0.224. The molecule has 1 saturated carbocycles. The zero-order valence-corrected chi connectivity index (χ0v) is 17.4. The number of carbonyl (C=O) groups excluding carboxylic acids is 1. The number of carbonyl (C=O) groups is 1. The topological polar surface area (TPSA) is 78.7 Å². The molecule has 2 atom stereocenters. The molecule has 1 N–H and O–H groups in total. The van der Waals surface area contributed by atoms with Crippen LogP contribution in [0, 0.1) is 22.0 Å². The molecule has 2 saturated heterocycles. The summed E-state index contributed by atoms with van der Waals surface area (Å²) in [6.07, 6.45) is -1.14. The standard InChI is InChI=1S/C21H27F3N4O3/c1-13-11-27(16-3-4-16)12-17(13)25-20(29)14-6-8-26(9-7-14)18-5-2-15(21(22,23)24)10-19(18)28(30)31/h2,5,10,13-14,16-17H,3-4,6-9,11-12H2,1H3,(H,25,29)/t13-,17+/m1/s1. The fourth-order valence-electron chi connectivity index (χ4n) is 4.73. The molecule has 1 aromatic rings. The summed E-state index contributed by atoms with van der Waals surface area (Å²) in [5.41, 5.74) is -1.43. The molecule has 0 spiro atoms. The highest BCUT2D eigenvalue weighted by atomic mass is 19.4. The van der Waals surface area contributed by atoms with E-state index in [-0.39, 0.29) is 23.6 Å². The maximum atomic E-state index is 12.9. The normalized spacial score (nSPS) is 25.6. The van der Waals surface area contributed by atoms with Crippen LogP contribution >= 0.6 is 0 Å². The summed E-state index contributed by atoms with van der Waals surface area (Å²) in [6, 6.07) is 3.43. The van der Waals surface area contributed by atoms with Crippen molar-refractivity contribution < 1.29 is 22.9 Å². The minimum absolute atomic E-state index is 0.0102. The summed E-state index contributed by atoms with van der Waals surface area (Å²) in [5, 5.41) is 14.5. The average Bonchev–Trinajstić information content (AvgIpc) is 3.51. The van der Waals surface area contributed by atoms with Gasteiger partial charge in [0.1, 0.15) is 5.69 Å². The Morgan fingerprint density at radius 1 is 1.16 bits per heavy atom. The summed E-state index contributed by atoms with van der Waals surface area (Å²) in [6.45, 7) is 4.82. The van der Waals surface area contributed by atoms with E-state index >= 15 is 0 Å². The van der Waals surface area contributed by atoms with Crippen molar-refractivity contribution in [2.24, 2.45) is 11.8 Å². The van der Waals surface area contributed by atoms with Crippen molar-refractivity contribution in [3.8, 4) is 0 Å². The van der Waals surface area contributed by atoms with Crippen LogP contribution in [-0.2, 0) is 11.0 Å². The molecule has 1 aliphatic carbocycles. The highest BCUT2D eigenvalue weighted by Crippen LogP contribution is 2.38. The van der Waals surface area contributed by atoms with E-state index in [1.54, 1.807) is 4.90 Å². The Balaban J connectivity index is 1.36. The number of hydrogen-bond donors (Lipinski definition) is 1. The number of nitro benzene ring substituents is 1. The first kappa shape index (κ1) is 21.9. The second-order valence-electron chi connectivity index (χ2n) is 9.00. The number of nitrogens with one attached hydrogen (secondary N) is 1. The molecular weight excluding hydrogens is 413 g/mol. The second-order valence-corrected chi connectivity index (χ2v) is 9.00. The van der Waals surface area contributed by atoms with Crippen LogP contribution in [0.15, 0.2) is 18.2 Å². The van der Waals surface area contributed by atoms with Gasteiger partial charge < -0.3 is 10.2 Å². The molecular formula is C21H27F3N4O3. The van der Waals surface area contributed by atoms with Gasteiger partial charge in [0, 0.05) is 50.2 Å². The van der Waals surface area contributed by atoms with E-state index in [4.69, 9.17) is 0 Å². The van der Waals surface area contributed by atoms with Gasteiger partial charge in [-0.05, 0) is 43.7 Å². The molecule has 2 heterocycles. The number of amides is 1. The van der Waals surface area contributed by atoms with Crippen LogP contribution in [-0.4, -0.2) is 54.0 Å². The predicted octanol–water partition coefficient (Wildman–Crippen LogP) is 3.43. The minimum Gasteiger partial charge on any atom is -0.366 e. The summed E-state index contributed by atoms with van der Waals surface area (Å²) >= 11 is 0. The minimum atomic E-state index is -4.64. The molecule has 10 heteroatoms. The van der Waals surface area contributed by atoms with Gasteiger partial charge in [-0.3, -0.25) is 19.8 Å². The third-order valence-electron chi connectivity index (χ3n) is 6.74. The van der Waals surface area contributed by atoms with Gasteiger partial charge in [0.25, 0.3) is 5.69 Å². The van der Waals surface area contributed by atoms with Crippen molar-refractivity contribution in [3.05, 3.63) is 33.9 Å². The van der Waals surface area contributed by atoms with Gasteiger partial charge in [-0.25, -0.2) is 0 Å². The van der Waals surface area contributed by atoms with E-state index in [1.165, 1.54) is 12.8 Å². The molecule has 3 aliphatic rings. The SMILES string of the molecule is C[C@@H]1CN(C2CC2)C[C@@H]1NC(=O)C1CCN(c2ccc(C(F)(F)F)cc2[N+](=O)[O-])CC1. The number of benzene rings is 1. The van der Waals surface area contributed by atoms with Crippen LogP contribution in [0.2, 0.25) is 0 Å². The molecule has 170 valence electrons. The monoisotopic (exact) mass is 440 g/mol. The van der Waals surface area contributed by atoms with Gasteiger partial charge in [0.2, 0.25) is 5.91 Å².